The SMILES string of the molecule is COc1ccc(N[C@H]2CCCCNC2=O)cc1OC(F)F. The highest BCUT2D eigenvalue weighted by atomic mass is 19.3. The predicted molar refractivity (Wildman–Crippen MR) is 73.9 cm³/mol. The number of nitrogens with one attached hydrogen (secondary N) is 2. The van der Waals surface area contributed by atoms with E-state index < -0.39 is 6.61 Å². The summed E-state index contributed by atoms with van der Waals surface area (Å²) in [5.74, 6) is 0.0670. The molecule has 0 aliphatic carbocycles. The quantitative estimate of drug-likeness (QED) is 0.876. The van der Waals surface area contributed by atoms with Gasteiger partial charge >= 0.3 is 6.61 Å². The van der Waals surface area contributed by atoms with Gasteiger partial charge in [-0.2, -0.15) is 8.78 Å². The summed E-state index contributed by atoms with van der Waals surface area (Å²) in [5.41, 5.74) is 0.536. The molecule has 1 amide bonds. The number of carbonyl (C=O) groups is 1. The smallest absolute Gasteiger partial charge is 0.387 e. The molecule has 0 bridgehead atoms. The Morgan fingerprint density at radius 1 is 1.33 bits per heavy atom. The average molecular weight is 300 g/mol. The number of alkyl halides is 2. The van der Waals surface area contributed by atoms with Crippen LogP contribution in [-0.4, -0.2) is 32.2 Å². The van der Waals surface area contributed by atoms with Crippen LogP contribution in [0.25, 0.3) is 0 Å². The van der Waals surface area contributed by atoms with Crippen LogP contribution in [0.2, 0.25) is 0 Å². The minimum Gasteiger partial charge on any atom is -0.493 e. The molecule has 0 spiro atoms. The lowest BCUT2D eigenvalue weighted by molar-refractivity contribution is -0.121. The van der Waals surface area contributed by atoms with Crippen molar-refractivity contribution in [2.75, 3.05) is 19.0 Å². The van der Waals surface area contributed by atoms with E-state index in [9.17, 15) is 13.6 Å². The summed E-state index contributed by atoms with van der Waals surface area (Å²) in [4.78, 5) is 11.9. The molecule has 0 radical (unpaired) electrons. The van der Waals surface area contributed by atoms with Gasteiger partial charge in [0.25, 0.3) is 0 Å². The molecule has 1 aromatic carbocycles. The summed E-state index contributed by atoms with van der Waals surface area (Å²) in [6.07, 6.45) is 2.56. The maximum absolute atomic E-state index is 12.4. The predicted octanol–water partition coefficient (Wildman–Crippen LogP) is 2.38. The maximum Gasteiger partial charge on any atom is 0.387 e. The molecule has 5 nitrogen and oxygen atoms in total. The van der Waals surface area contributed by atoms with Crippen LogP contribution in [0, 0.1) is 0 Å². The summed E-state index contributed by atoms with van der Waals surface area (Å²) >= 11 is 0. The molecule has 1 fully saturated rings. The van der Waals surface area contributed by atoms with Crippen molar-refractivity contribution in [3.8, 4) is 11.5 Å². The topological polar surface area (TPSA) is 59.6 Å². The summed E-state index contributed by atoms with van der Waals surface area (Å²) in [5, 5.41) is 5.85. The molecule has 7 heteroatoms. The van der Waals surface area contributed by atoms with Crippen molar-refractivity contribution in [3.05, 3.63) is 18.2 Å². The van der Waals surface area contributed by atoms with E-state index in [4.69, 9.17) is 4.74 Å². The fourth-order valence-electron chi connectivity index (χ4n) is 2.23. The maximum atomic E-state index is 12.4. The van der Waals surface area contributed by atoms with Crippen molar-refractivity contribution in [1.82, 2.24) is 5.32 Å². The number of anilines is 1. The van der Waals surface area contributed by atoms with E-state index in [1.165, 1.54) is 19.2 Å². The Balaban J connectivity index is 2.13. The van der Waals surface area contributed by atoms with Crippen LogP contribution in [0.5, 0.6) is 11.5 Å². The van der Waals surface area contributed by atoms with Crippen LogP contribution < -0.4 is 20.1 Å². The molecule has 1 aliphatic heterocycles. The van der Waals surface area contributed by atoms with E-state index in [2.05, 4.69) is 15.4 Å². The zero-order valence-electron chi connectivity index (χ0n) is 11.7. The largest absolute Gasteiger partial charge is 0.493 e. The third-order valence-corrected chi connectivity index (χ3v) is 3.26. The number of hydrogen-bond acceptors (Lipinski definition) is 4. The molecule has 1 heterocycles. The highest BCUT2D eigenvalue weighted by Crippen LogP contribution is 2.32. The minimum absolute atomic E-state index is 0.0634. The number of benzene rings is 1. The van der Waals surface area contributed by atoms with Gasteiger partial charge in [-0.1, -0.05) is 0 Å². The Labute approximate surface area is 121 Å². The Morgan fingerprint density at radius 3 is 2.86 bits per heavy atom. The first-order chi connectivity index (χ1) is 10.1. The van der Waals surface area contributed by atoms with Gasteiger partial charge < -0.3 is 20.1 Å². The van der Waals surface area contributed by atoms with Gasteiger partial charge in [-0.15, -0.1) is 0 Å². The lowest BCUT2D eigenvalue weighted by Crippen LogP contribution is -2.37. The number of halogens is 2. The van der Waals surface area contributed by atoms with Crippen LogP contribution in [0.15, 0.2) is 18.2 Å². The molecule has 1 saturated heterocycles. The van der Waals surface area contributed by atoms with E-state index in [-0.39, 0.29) is 23.4 Å². The molecule has 0 aromatic heterocycles. The molecular weight excluding hydrogens is 282 g/mol. The number of ether oxygens (including phenoxy) is 2. The first-order valence-corrected chi connectivity index (χ1v) is 6.77. The van der Waals surface area contributed by atoms with Gasteiger partial charge in [-0.05, 0) is 31.4 Å². The highest BCUT2D eigenvalue weighted by Gasteiger charge is 2.21. The fourth-order valence-corrected chi connectivity index (χ4v) is 2.23. The molecule has 0 saturated carbocycles. The zero-order chi connectivity index (χ0) is 15.2. The van der Waals surface area contributed by atoms with Gasteiger partial charge in [0.1, 0.15) is 6.04 Å². The van der Waals surface area contributed by atoms with Crippen molar-refractivity contribution < 1.29 is 23.0 Å². The molecule has 0 unspecified atom stereocenters. The van der Waals surface area contributed by atoms with Crippen molar-refractivity contribution in [2.24, 2.45) is 0 Å². The summed E-state index contributed by atoms with van der Waals surface area (Å²) in [7, 11) is 1.37. The van der Waals surface area contributed by atoms with E-state index >= 15 is 0 Å². The van der Waals surface area contributed by atoms with Gasteiger partial charge in [0, 0.05) is 18.3 Å². The molecular formula is C14H18F2N2O3. The first kappa shape index (κ1) is 15.3. The molecule has 2 rings (SSSR count). The van der Waals surface area contributed by atoms with Crippen molar-refractivity contribution >= 4 is 11.6 Å². The van der Waals surface area contributed by atoms with Crippen molar-refractivity contribution in [1.29, 1.82) is 0 Å². The lowest BCUT2D eigenvalue weighted by atomic mass is 10.1. The summed E-state index contributed by atoms with van der Waals surface area (Å²) < 4.78 is 34.1. The Bertz CT molecular complexity index is 497. The Morgan fingerprint density at radius 2 is 2.14 bits per heavy atom. The normalized spacial score (nSPS) is 18.9. The third-order valence-electron chi connectivity index (χ3n) is 3.26. The Hall–Kier alpha value is -2.05. The second-order valence-electron chi connectivity index (χ2n) is 4.73. The van der Waals surface area contributed by atoms with Crippen molar-refractivity contribution in [3.63, 3.8) is 0 Å². The zero-order valence-corrected chi connectivity index (χ0v) is 11.7. The monoisotopic (exact) mass is 300 g/mol. The fraction of sp³-hybridized carbons (Fsp3) is 0.500. The van der Waals surface area contributed by atoms with Gasteiger partial charge in [-0.25, -0.2) is 0 Å². The van der Waals surface area contributed by atoms with Gasteiger partial charge in [0.15, 0.2) is 11.5 Å². The summed E-state index contributed by atoms with van der Waals surface area (Å²) in [6.45, 7) is -2.27. The number of carbonyl (C=O) groups excluding carboxylic acids is 1. The molecule has 21 heavy (non-hydrogen) atoms. The number of methoxy groups -OCH3 is 1. The second-order valence-corrected chi connectivity index (χ2v) is 4.73. The van der Waals surface area contributed by atoms with Gasteiger partial charge in [-0.3, -0.25) is 4.79 Å². The van der Waals surface area contributed by atoms with Crippen LogP contribution in [-0.2, 0) is 4.79 Å². The van der Waals surface area contributed by atoms with E-state index in [0.717, 1.165) is 12.8 Å². The van der Waals surface area contributed by atoms with Gasteiger partial charge in [0.2, 0.25) is 5.91 Å². The van der Waals surface area contributed by atoms with E-state index in [0.29, 0.717) is 18.7 Å². The minimum atomic E-state index is -2.93. The van der Waals surface area contributed by atoms with Crippen LogP contribution in [0.1, 0.15) is 19.3 Å². The first-order valence-electron chi connectivity index (χ1n) is 6.77. The number of hydrogen-bond donors (Lipinski definition) is 2. The molecule has 1 aliphatic rings. The number of amides is 1. The molecule has 1 atom stereocenters. The van der Waals surface area contributed by atoms with Crippen molar-refractivity contribution in [2.45, 2.75) is 31.9 Å². The average Bonchev–Trinajstić information content (AvgIpc) is 2.64. The third kappa shape index (κ3) is 4.21. The van der Waals surface area contributed by atoms with Crippen LogP contribution in [0.3, 0.4) is 0 Å². The van der Waals surface area contributed by atoms with Crippen LogP contribution in [0.4, 0.5) is 14.5 Å². The van der Waals surface area contributed by atoms with Crippen LogP contribution >= 0.6 is 0 Å². The number of rotatable bonds is 5. The lowest BCUT2D eigenvalue weighted by Gasteiger charge is -2.18. The van der Waals surface area contributed by atoms with Gasteiger partial charge in [0.05, 0.1) is 7.11 Å². The van der Waals surface area contributed by atoms with E-state index in [1.807, 2.05) is 0 Å². The second kappa shape index (κ2) is 7.10. The molecule has 2 N–H and O–H groups in total. The van der Waals surface area contributed by atoms with E-state index in [1.54, 1.807) is 6.07 Å². The highest BCUT2D eigenvalue weighted by molar-refractivity contribution is 5.84. The molecule has 116 valence electrons. The standard InChI is InChI=1S/C14H18F2N2O3/c1-20-11-6-5-9(8-12(11)21-14(15)16)18-10-4-2-3-7-17-13(10)19/h5-6,8,10,14,18H,2-4,7H2,1H3,(H,17,19)/t10-/m0/s1. The summed E-state index contributed by atoms with van der Waals surface area (Å²) in [6, 6.07) is 4.22. The Kier molecular flexibility index (Phi) is 5.19. The molecule has 1 aromatic rings.